The molecule has 11 aromatic rings. The summed E-state index contributed by atoms with van der Waals surface area (Å²) in [6.45, 7) is 0. The average Bonchev–Trinajstić information content (AvgIpc) is 3.83. The van der Waals surface area contributed by atoms with Gasteiger partial charge in [0.25, 0.3) is 0 Å². The minimum atomic E-state index is 1.16. The summed E-state index contributed by atoms with van der Waals surface area (Å²) in [4.78, 5) is 0. The van der Waals surface area contributed by atoms with Gasteiger partial charge in [-0.05, 0) is 81.9 Å². The highest BCUT2D eigenvalue weighted by atomic mass is 15.0. The molecule has 232 valence electrons. The van der Waals surface area contributed by atoms with Gasteiger partial charge in [0.05, 0.1) is 27.6 Å². The molecule has 0 bridgehead atoms. The summed E-state index contributed by atoms with van der Waals surface area (Å²) in [7, 11) is 0. The van der Waals surface area contributed by atoms with Gasteiger partial charge in [0.1, 0.15) is 0 Å². The first-order valence-electron chi connectivity index (χ1n) is 17.3. The monoisotopic (exact) mass is 634 g/mol. The predicted octanol–water partition coefficient (Wildman–Crippen LogP) is 12.9. The van der Waals surface area contributed by atoms with E-state index in [9.17, 15) is 0 Å². The lowest BCUT2D eigenvalue weighted by Crippen LogP contribution is -1.94. The Morgan fingerprint density at radius 1 is 0.260 bits per heavy atom. The van der Waals surface area contributed by atoms with Gasteiger partial charge < -0.3 is 8.97 Å². The van der Waals surface area contributed by atoms with Gasteiger partial charge in [-0.15, -0.1) is 0 Å². The molecule has 3 aromatic heterocycles. The summed E-state index contributed by atoms with van der Waals surface area (Å²) in [5.41, 5.74) is 14.8. The molecule has 0 radical (unpaired) electrons. The van der Waals surface area contributed by atoms with Gasteiger partial charge in [0.2, 0.25) is 0 Å². The number of fused-ring (bicyclic) bond motifs is 9. The van der Waals surface area contributed by atoms with Gasteiger partial charge in [-0.1, -0.05) is 133 Å². The number of hydrogen-bond acceptors (Lipinski definition) is 0. The van der Waals surface area contributed by atoms with Gasteiger partial charge >= 0.3 is 0 Å². The van der Waals surface area contributed by atoms with E-state index in [1.54, 1.807) is 0 Å². The fourth-order valence-corrected chi connectivity index (χ4v) is 8.35. The topological polar surface area (TPSA) is 9.34 Å². The molecule has 0 unspecified atom stereocenters. The summed E-state index contributed by atoms with van der Waals surface area (Å²) in [5.74, 6) is 0. The fraction of sp³-hybridized carbons (Fsp3) is 0. The SMILES string of the molecule is c1ccc(-c2ccc(-c3cccc(-n4c5ccccc5c5cc(-c6ccc7c(c6)c6cccc8c9ccccc9n7c86)ccc54)c3)cc2)cc1. The Hall–Kier alpha value is -6.64. The molecule has 2 heteroatoms. The lowest BCUT2D eigenvalue weighted by Gasteiger charge is -2.11. The van der Waals surface area contributed by atoms with E-state index >= 15 is 0 Å². The molecule has 3 heterocycles. The molecular formula is C48H30N2. The van der Waals surface area contributed by atoms with Crippen LogP contribution in [0.25, 0.3) is 99.0 Å². The second-order valence-electron chi connectivity index (χ2n) is 13.4. The molecule has 0 aliphatic rings. The van der Waals surface area contributed by atoms with Crippen LogP contribution < -0.4 is 0 Å². The van der Waals surface area contributed by atoms with E-state index in [0.29, 0.717) is 0 Å². The van der Waals surface area contributed by atoms with E-state index < -0.39 is 0 Å². The van der Waals surface area contributed by atoms with Gasteiger partial charge in [-0.2, -0.15) is 0 Å². The van der Waals surface area contributed by atoms with Gasteiger partial charge in [-0.3, -0.25) is 0 Å². The van der Waals surface area contributed by atoms with Crippen molar-refractivity contribution in [1.82, 2.24) is 8.97 Å². The van der Waals surface area contributed by atoms with Crippen LogP contribution in [0.15, 0.2) is 182 Å². The molecule has 8 aromatic carbocycles. The van der Waals surface area contributed by atoms with Crippen molar-refractivity contribution < 1.29 is 0 Å². The molecule has 0 amide bonds. The average molecular weight is 635 g/mol. The molecular weight excluding hydrogens is 605 g/mol. The van der Waals surface area contributed by atoms with Crippen LogP contribution in [0, 0.1) is 0 Å². The first-order chi connectivity index (χ1) is 24.8. The highest BCUT2D eigenvalue weighted by Crippen LogP contribution is 2.41. The van der Waals surface area contributed by atoms with Crippen molar-refractivity contribution >= 4 is 59.9 Å². The van der Waals surface area contributed by atoms with Crippen LogP contribution >= 0.6 is 0 Å². The molecule has 0 fully saturated rings. The van der Waals surface area contributed by atoms with E-state index in [2.05, 4.69) is 191 Å². The Bertz CT molecular complexity index is 3070. The van der Waals surface area contributed by atoms with Crippen molar-refractivity contribution in [3.05, 3.63) is 182 Å². The van der Waals surface area contributed by atoms with Gasteiger partial charge in [0, 0.05) is 38.0 Å². The number of hydrogen-bond donors (Lipinski definition) is 0. The zero-order valence-electron chi connectivity index (χ0n) is 27.2. The first kappa shape index (κ1) is 27.3. The number of aromatic nitrogens is 2. The maximum Gasteiger partial charge on any atom is 0.0620 e. The summed E-state index contributed by atoms with van der Waals surface area (Å²) in [6, 6.07) is 66.6. The minimum Gasteiger partial charge on any atom is -0.309 e. The van der Waals surface area contributed by atoms with Crippen molar-refractivity contribution in [2.75, 3.05) is 0 Å². The molecule has 0 aliphatic heterocycles. The number of rotatable bonds is 4. The van der Waals surface area contributed by atoms with Crippen LogP contribution in [0.5, 0.6) is 0 Å². The molecule has 2 nitrogen and oxygen atoms in total. The molecule has 0 aliphatic carbocycles. The van der Waals surface area contributed by atoms with Gasteiger partial charge in [0.15, 0.2) is 0 Å². The highest BCUT2D eigenvalue weighted by Gasteiger charge is 2.18. The molecule has 0 saturated heterocycles. The first-order valence-corrected chi connectivity index (χ1v) is 17.3. The zero-order chi connectivity index (χ0) is 32.8. The van der Waals surface area contributed by atoms with E-state index in [4.69, 9.17) is 0 Å². The normalized spacial score (nSPS) is 12.0. The van der Waals surface area contributed by atoms with E-state index in [1.165, 1.54) is 93.3 Å². The third kappa shape index (κ3) is 3.90. The van der Waals surface area contributed by atoms with E-state index in [0.717, 1.165) is 5.69 Å². The van der Waals surface area contributed by atoms with Crippen molar-refractivity contribution in [3.63, 3.8) is 0 Å². The fourth-order valence-electron chi connectivity index (χ4n) is 8.35. The Morgan fingerprint density at radius 3 is 1.46 bits per heavy atom. The predicted molar refractivity (Wildman–Crippen MR) is 212 cm³/mol. The van der Waals surface area contributed by atoms with Crippen molar-refractivity contribution in [2.24, 2.45) is 0 Å². The second-order valence-corrected chi connectivity index (χ2v) is 13.4. The number of para-hydroxylation sites is 3. The van der Waals surface area contributed by atoms with Crippen LogP contribution in [0.2, 0.25) is 0 Å². The Labute approximate surface area is 289 Å². The van der Waals surface area contributed by atoms with E-state index in [1.807, 2.05) is 0 Å². The summed E-state index contributed by atoms with van der Waals surface area (Å²) < 4.78 is 4.86. The minimum absolute atomic E-state index is 1.16. The van der Waals surface area contributed by atoms with Crippen LogP contribution in [0.1, 0.15) is 0 Å². The Kier molecular flexibility index (Phi) is 5.70. The van der Waals surface area contributed by atoms with Crippen molar-refractivity contribution in [3.8, 4) is 39.1 Å². The Balaban J connectivity index is 1.04. The number of benzene rings is 8. The van der Waals surface area contributed by atoms with Crippen LogP contribution in [0.4, 0.5) is 0 Å². The molecule has 11 rings (SSSR count). The largest absolute Gasteiger partial charge is 0.309 e. The smallest absolute Gasteiger partial charge is 0.0620 e. The van der Waals surface area contributed by atoms with Crippen LogP contribution in [-0.4, -0.2) is 8.97 Å². The van der Waals surface area contributed by atoms with Crippen molar-refractivity contribution in [2.45, 2.75) is 0 Å². The van der Waals surface area contributed by atoms with Crippen LogP contribution in [0.3, 0.4) is 0 Å². The summed E-state index contributed by atoms with van der Waals surface area (Å²) in [6.07, 6.45) is 0. The molecule has 0 atom stereocenters. The summed E-state index contributed by atoms with van der Waals surface area (Å²) >= 11 is 0. The quantitative estimate of drug-likeness (QED) is 0.182. The second kappa shape index (κ2) is 10.4. The zero-order valence-corrected chi connectivity index (χ0v) is 27.2. The molecule has 0 saturated carbocycles. The standard InChI is InChI=1S/C48H30N2/c1-2-10-31(11-3-1)32-20-22-33(23-21-32)34-12-8-13-37(28-34)49-44-18-6-5-15-39(44)42-29-35(24-26-46(42)49)36-25-27-47-43(30-36)41-17-9-16-40-38-14-4-7-19-45(38)50(47)48(40)41/h1-30H. The molecule has 0 spiro atoms. The number of nitrogens with zero attached hydrogens (tertiary/aromatic N) is 2. The lowest BCUT2D eigenvalue weighted by molar-refractivity contribution is 1.18. The van der Waals surface area contributed by atoms with Crippen LogP contribution in [-0.2, 0) is 0 Å². The third-order valence-corrected chi connectivity index (χ3v) is 10.7. The lowest BCUT2D eigenvalue weighted by atomic mass is 10.00. The molecule has 0 N–H and O–H groups in total. The molecule has 50 heavy (non-hydrogen) atoms. The summed E-state index contributed by atoms with van der Waals surface area (Å²) in [5, 5.41) is 7.75. The van der Waals surface area contributed by atoms with Crippen molar-refractivity contribution in [1.29, 1.82) is 0 Å². The maximum absolute atomic E-state index is 2.45. The maximum atomic E-state index is 2.45. The van der Waals surface area contributed by atoms with E-state index in [-0.39, 0.29) is 0 Å². The third-order valence-electron chi connectivity index (χ3n) is 10.7. The van der Waals surface area contributed by atoms with Gasteiger partial charge in [-0.25, -0.2) is 0 Å². The highest BCUT2D eigenvalue weighted by molar-refractivity contribution is 6.23. The Morgan fingerprint density at radius 2 is 0.700 bits per heavy atom.